The predicted molar refractivity (Wildman–Crippen MR) is 41.5 cm³/mol. The van der Waals surface area contributed by atoms with Gasteiger partial charge >= 0.3 is 0 Å². The minimum Gasteiger partial charge on any atom is -0.526 e. The van der Waals surface area contributed by atoms with Gasteiger partial charge in [-0.2, -0.15) is 0 Å². The molecule has 0 aliphatic rings. The van der Waals surface area contributed by atoms with Crippen LogP contribution in [0.2, 0.25) is 0 Å². The molecule has 0 aromatic heterocycles. The number of unbranched alkanes of at least 4 members (excludes halogenated alkanes) is 1. The number of ether oxygens (including phenoxy) is 1. The smallest absolute Gasteiger partial charge is 0.0143 e. The van der Waals surface area contributed by atoms with Crippen molar-refractivity contribution in [1.82, 2.24) is 0 Å². The fourth-order valence-electron chi connectivity index (χ4n) is 0.335. The molecule has 0 radical (unpaired) electrons. The molecule has 0 aromatic carbocycles. The molecule has 2 nitrogen and oxygen atoms in total. The SMILES string of the molecule is Br.CCCCO[CH-]C=O.[Zn]. The number of carbonyl (C=O) groups excluding carboxylic acids is 1. The van der Waals surface area contributed by atoms with E-state index >= 15 is 0 Å². The van der Waals surface area contributed by atoms with Gasteiger partial charge in [-0.05, 0) is 6.42 Å². The third-order valence-corrected chi connectivity index (χ3v) is 0.768. The maximum atomic E-state index is 9.59. The fourth-order valence-corrected chi connectivity index (χ4v) is 0.335. The van der Waals surface area contributed by atoms with E-state index in [1.165, 1.54) is 6.61 Å². The zero-order chi connectivity index (χ0) is 6.24. The minimum atomic E-state index is 0. The number of carbonyl (C=O) groups is 1. The summed E-state index contributed by atoms with van der Waals surface area (Å²) in [4.78, 5) is 9.59. The second kappa shape index (κ2) is 16.3. The van der Waals surface area contributed by atoms with E-state index in [0.29, 0.717) is 12.9 Å². The predicted octanol–water partition coefficient (Wildman–Crippen LogP) is 1.74. The van der Waals surface area contributed by atoms with Gasteiger partial charge in [0.2, 0.25) is 0 Å². The molecular weight excluding hydrogens is 249 g/mol. The largest absolute Gasteiger partial charge is 0.526 e. The first kappa shape index (κ1) is 16.9. The van der Waals surface area contributed by atoms with Crippen molar-refractivity contribution in [3.63, 3.8) is 0 Å². The maximum absolute atomic E-state index is 9.59. The quantitative estimate of drug-likeness (QED) is 0.326. The van der Waals surface area contributed by atoms with Crippen LogP contribution in [-0.2, 0) is 29.0 Å². The number of halogens is 1. The van der Waals surface area contributed by atoms with Crippen LogP contribution in [-0.4, -0.2) is 12.9 Å². The Morgan fingerprint density at radius 2 is 2.20 bits per heavy atom. The Kier molecular flexibility index (Phi) is 27.6. The molecule has 0 fully saturated rings. The summed E-state index contributed by atoms with van der Waals surface area (Å²) in [6, 6.07) is 0. The van der Waals surface area contributed by atoms with Crippen molar-refractivity contribution >= 4 is 23.3 Å². The van der Waals surface area contributed by atoms with Gasteiger partial charge in [0.25, 0.3) is 0 Å². The molecule has 4 heteroatoms. The number of rotatable bonds is 5. The number of aldehydes is 1. The van der Waals surface area contributed by atoms with Crippen LogP contribution in [0, 0.1) is 6.61 Å². The zero-order valence-electron chi connectivity index (χ0n) is 6.21. The van der Waals surface area contributed by atoms with Crippen molar-refractivity contribution in [3.8, 4) is 0 Å². The molecule has 0 heterocycles. The first-order valence-electron chi connectivity index (χ1n) is 2.80. The second-order valence-electron chi connectivity index (χ2n) is 1.50. The maximum Gasteiger partial charge on any atom is 0.0143 e. The van der Waals surface area contributed by atoms with Crippen LogP contribution in [0.3, 0.4) is 0 Å². The van der Waals surface area contributed by atoms with Crippen molar-refractivity contribution in [2.75, 3.05) is 6.61 Å². The van der Waals surface area contributed by atoms with Crippen LogP contribution >= 0.6 is 17.0 Å². The Bertz CT molecular complexity index is 61.7. The van der Waals surface area contributed by atoms with E-state index in [0.717, 1.165) is 12.8 Å². The van der Waals surface area contributed by atoms with Gasteiger partial charge in [-0.15, -0.1) is 17.0 Å². The molecule has 0 aliphatic heterocycles. The molecule has 0 spiro atoms. The summed E-state index contributed by atoms with van der Waals surface area (Å²) in [5, 5.41) is 0. The first-order valence-corrected chi connectivity index (χ1v) is 2.80. The summed E-state index contributed by atoms with van der Waals surface area (Å²) in [5.41, 5.74) is 0. The van der Waals surface area contributed by atoms with Crippen LogP contribution in [0.5, 0.6) is 0 Å². The van der Waals surface area contributed by atoms with Crippen molar-refractivity contribution < 1.29 is 29.0 Å². The van der Waals surface area contributed by atoms with Gasteiger partial charge in [-0.25, -0.2) is 6.61 Å². The van der Waals surface area contributed by atoms with Gasteiger partial charge in [0.15, 0.2) is 0 Å². The van der Waals surface area contributed by atoms with E-state index < -0.39 is 0 Å². The Hall–Kier alpha value is 0.603. The summed E-state index contributed by atoms with van der Waals surface area (Å²) in [6.07, 6.45) is 2.77. The normalized spacial score (nSPS) is 6.90. The summed E-state index contributed by atoms with van der Waals surface area (Å²) in [6.45, 7) is 3.91. The standard InChI is InChI=1S/C6H11O2.BrH.Zn/c1-2-3-5-8-6-4-7;;/h4,6H,2-3,5H2,1H3;1H;/q-1;;. The topological polar surface area (TPSA) is 26.3 Å². The number of hydrogen-bond donors (Lipinski definition) is 0. The van der Waals surface area contributed by atoms with E-state index in [2.05, 4.69) is 6.92 Å². The van der Waals surface area contributed by atoms with E-state index in [4.69, 9.17) is 4.74 Å². The van der Waals surface area contributed by atoms with Crippen LogP contribution in [0.1, 0.15) is 19.8 Å². The average Bonchev–Trinajstić information content (AvgIpc) is 1.81. The summed E-state index contributed by atoms with van der Waals surface area (Å²) in [7, 11) is 0. The van der Waals surface area contributed by atoms with Gasteiger partial charge in [-0.3, -0.25) is 0 Å². The monoisotopic (exact) mass is 259 g/mol. The molecule has 0 atom stereocenters. The molecule has 0 aliphatic carbocycles. The fraction of sp³-hybridized carbons (Fsp3) is 0.667. The molecule has 0 unspecified atom stereocenters. The van der Waals surface area contributed by atoms with Gasteiger partial charge in [0.05, 0.1) is 0 Å². The van der Waals surface area contributed by atoms with Crippen LogP contribution in [0.15, 0.2) is 0 Å². The minimum absolute atomic E-state index is 0. The molecular formula is C6H12BrO2Zn-. The van der Waals surface area contributed by atoms with Gasteiger partial charge < -0.3 is 9.53 Å². The van der Waals surface area contributed by atoms with Gasteiger partial charge in [0, 0.05) is 32.4 Å². The van der Waals surface area contributed by atoms with E-state index in [-0.39, 0.29) is 36.5 Å². The third-order valence-electron chi connectivity index (χ3n) is 0.768. The molecule has 0 rings (SSSR count). The first-order chi connectivity index (χ1) is 3.91. The Labute approximate surface area is 85.2 Å². The van der Waals surface area contributed by atoms with Gasteiger partial charge in [0.1, 0.15) is 0 Å². The molecule has 0 saturated heterocycles. The summed E-state index contributed by atoms with van der Waals surface area (Å²) < 4.78 is 4.73. The van der Waals surface area contributed by atoms with Crippen LogP contribution in [0.25, 0.3) is 0 Å². The van der Waals surface area contributed by atoms with Crippen molar-refractivity contribution in [2.24, 2.45) is 0 Å². The molecule has 0 amide bonds. The summed E-state index contributed by atoms with van der Waals surface area (Å²) >= 11 is 0. The van der Waals surface area contributed by atoms with Crippen LogP contribution in [0.4, 0.5) is 0 Å². The third kappa shape index (κ3) is 15.8. The van der Waals surface area contributed by atoms with E-state index in [1.807, 2.05) is 0 Å². The van der Waals surface area contributed by atoms with Gasteiger partial charge in [-0.1, -0.05) is 13.3 Å². The molecule has 0 N–H and O–H groups in total. The average molecular weight is 261 g/mol. The Morgan fingerprint density at radius 1 is 1.60 bits per heavy atom. The van der Waals surface area contributed by atoms with Crippen LogP contribution < -0.4 is 0 Å². The Balaban J connectivity index is -0.000000245. The molecule has 58 valence electrons. The molecule has 10 heavy (non-hydrogen) atoms. The summed E-state index contributed by atoms with van der Waals surface area (Å²) in [5.74, 6) is 0. The molecule has 0 saturated carbocycles. The number of hydrogen-bond acceptors (Lipinski definition) is 2. The molecule has 0 bridgehead atoms. The van der Waals surface area contributed by atoms with Crippen molar-refractivity contribution in [2.45, 2.75) is 19.8 Å². The van der Waals surface area contributed by atoms with E-state index in [9.17, 15) is 4.79 Å². The van der Waals surface area contributed by atoms with Crippen molar-refractivity contribution in [1.29, 1.82) is 0 Å². The Morgan fingerprint density at radius 3 is 2.60 bits per heavy atom. The van der Waals surface area contributed by atoms with Crippen molar-refractivity contribution in [3.05, 3.63) is 6.61 Å². The zero-order valence-corrected chi connectivity index (χ0v) is 10.9. The second-order valence-corrected chi connectivity index (χ2v) is 1.50. The van der Waals surface area contributed by atoms with E-state index in [1.54, 1.807) is 0 Å². The molecule has 0 aromatic rings.